The van der Waals surface area contributed by atoms with Crippen LogP contribution in [0.5, 0.6) is 0 Å². The molecule has 0 saturated carbocycles. The molecule has 0 spiro atoms. The fourth-order valence-corrected chi connectivity index (χ4v) is 3.34. The monoisotopic (exact) mass is 350 g/mol. The molecule has 2 aromatic heterocycles. The quantitative estimate of drug-likeness (QED) is 0.668. The molecule has 0 bridgehead atoms. The average Bonchev–Trinajstić information content (AvgIpc) is 3.12. The van der Waals surface area contributed by atoms with Gasteiger partial charge in [0.2, 0.25) is 0 Å². The second kappa shape index (κ2) is 8.12. The molecule has 1 atom stereocenters. The number of esters is 1. The van der Waals surface area contributed by atoms with Crippen LogP contribution in [0, 0.1) is 13.8 Å². The number of hydrogen-bond acceptors (Lipinski definition) is 5. The zero-order valence-corrected chi connectivity index (χ0v) is 14.8. The molecule has 2 rings (SSSR count). The van der Waals surface area contributed by atoms with Gasteiger partial charge in [0.25, 0.3) is 5.91 Å². The third-order valence-electron chi connectivity index (χ3n) is 3.73. The number of hydrogen-bond donors (Lipinski definition) is 3. The Bertz CT molecular complexity index is 704. The Morgan fingerprint density at radius 2 is 2.17 bits per heavy atom. The van der Waals surface area contributed by atoms with E-state index in [0.29, 0.717) is 17.7 Å². The van der Waals surface area contributed by atoms with Gasteiger partial charge in [-0.2, -0.15) is 0 Å². The van der Waals surface area contributed by atoms with Crippen LogP contribution in [0.3, 0.4) is 0 Å². The van der Waals surface area contributed by atoms with Crippen LogP contribution in [0.1, 0.15) is 45.2 Å². The molecule has 0 aliphatic rings. The van der Waals surface area contributed by atoms with E-state index in [0.717, 1.165) is 12.1 Å². The van der Waals surface area contributed by atoms with Crippen molar-refractivity contribution < 1.29 is 19.4 Å². The Morgan fingerprint density at radius 1 is 1.42 bits per heavy atom. The molecule has 130 valence electrons. The molecule has 3 N–H and O–H groups in total. The number of aliphatic hydroxyl groups excluding tert-OH is 1. The van der Waals surface area contributed by atoms with Crippen molar-refractivity contribution >= 4 is 23.2 Å². The number of carbonyl (C=O) groups excluding carboxylic acids is 2. The predicted molar refractivity (Wildman–Crippen MR) is 92.2 cm³/mol. The van der Waals surface area contributed by atoms with Crippen molar-refractivity contribution in [2.45, 2.75) is 33.3 Å². The van der Waals surface area contributed by atoms with Gasteiger partial charge in [0.05, 0.1) is 6.10 Å². The van der Waals surface area contributed by atoms with E-state index in [9.17, 15) is 14.7 Å². The van der Waals surface area contributed by atoms with Gasteiger partial charge in [-0.25, -0.2) is 4.79 Å². The van der Waals surface area contributed by atoms with Crippen LogP contribution >= 0.6 is 11.3 Å². The van der Waals surface area contributed by atoms with Crippen molar-refractivity contribution in [2.24, 2.45) is 0 Å². The fourth-order valence-electron chi connectivity index (χ4n) is 2.63. The van der Waals surface area contributed by atoms with Crippen LogP contribution in [0.25, 0.3) is 0 Å². The first-order valence-electron chi connectivity index (χ1n) is 7.73. The molecular formula is C17H22N2O4S. The molecule has 1 amide bonds. The van der Waals surface area contributed by atoms with E-state index in [2.05, 4.69) is 10.3 Å². The van der Waals surface area contributed by atoms with E-state index in [1.165, 1.54) is 4.88 Å². The summed E-state index contributed by atoms with van der Waals surface area (Å²) < 4.78 is 5.05. The third kappa shape index (κ3) is 4.46. The van der Waals surface area contributed by atoms with Gasteiger partial charge in [0.15, 0.2) is 6.61 Å². The maximum absolute atomic E-state index is 12.1. The highest BCUT2D eigenvalue weighted by molar-refractivity contribution is 7.09. The van der Waals surface area contributed by atoms with Gasteiger partial charge < -0.3 is 20.1 Å². The first-order chi connectivity index (χ1) is 11.4. The minimum atomic E-state index is -0.677. The molecule has 0 radical (unpaired) electrons. The van der Waals surface area contributed by atoms with E-state index in [4.69, 9.17) is 4.74 Å². The van der Waals surface area contributed by atoms with Crippen molar-refractivity contribution in [3.05, 3.63) is 44.9 Å². The number of aromatic nitrogens is 1. The normalized spacial score (nSPS) is 12.0. The fraction of sp³-hybridized carbons (Fsp3) is 0.412. The number of aromatic amines is 1. The number of thiophene rings is 1. The maximum Gasteiger partial charge on any atom is 0.355 e. The number of ether oxygens (including phenoxy) is 1. The standard InChI is InChI=1S/C17H22N2O4S/c1-10-15(12(3)20)11(2)19-16(10)17(22)23-9-14(21)18-7-6-13-5-4-8-24-13/h4-5,8,12,19-20H,6-7,9H2,1-3H3,(H,18,21)/t12-/m1/s1. The minimum absolute atomic E-state index is 0.273. The summed E-state index contributed by atoms with van der Waals surface area (Å²) in [6, 6.07) is 3.97. The number of H-pyrrole nitrogens is 1. The van der Waals surface area contributed by atoms with Crippen LogP contribution in [-0.2, 0) is 16.0 Å². The Labute approximate surface area is 144 Å². The predicted octanol–water partition coefficient (Wildman–Crippen LogP) is 2.26. The van der Waals surface area contributed by atoms with Gasteiger partial charge in [0.1, 0.15) is 5.69 Å². The smallest absolute Gasteiger partial charge is 0.355 e. The van der Waals surface area contributed by atoms with Crippen LogP contribution in [-0.4, -0.2) is 35.1 Å². The lowest BCUT2D eigenvalue weighted by Gasteiger charge is -2.07. The first kappa shape index (κ1) is 18.2. The van der Waals surface area contributed by atoms with E-state index >= 15 is 0 Å². The zero-order valence-electron chi connectivity index (χ0n) is 14.0. The number of carbonyl (C=O) groups is 2. The second-order valence-corrected chi connectivity index (χ2v) is 6.63. The van der Waals surface area contributed by atoms with Gasteiger partial charge in [-0.3, -0.25) is 4.79 Å². The minimum Gasteiger partial charge on any atom is -0.451 e. The summed E-state index contributed by atoms with van der Waals surface area (Å²) in [6.07, 6.45) is 0.0765. The molecule has 0 fully saturated rings. The van der Waals surface area contributed by atoms with Crippen molar-refractivity contribution in [2.75, 3.05) is 13.2 Å². The number of amides is 1. The largest absolute Gasteiger partial charge is 0.451 e. The van der Waals surface area contributed by atoms with Crippen molar-refractivity contribution in [1.82, 2.24) is 10.3 Å². The molecule has 2 aromatic rings. The average molecular weight is 350 g/mol. The molecule has 7 heteroatoms. The number of rotatable bonds is 7. The highest BCUT2D eigenvalue weighted by Crippen LogP contribution is 2.24. The Morgan fingerprint density at radius 3 is 2.75 bits per heavy atom. The second-order valence-electron chi connectivity index (χ2n) is 5.60. The number of nitrogens with one attached hydrogen (secondary N) is 2. The zero-order chi connectivity index (χ0) is 17.7. The van der Waals surface area contributed by atoms with Crippen molar-refractivity contribution in [1.29, 1.82) is 0 Å². The lowest BCUT2D eigenvalue weighted by molar-refractivity contribution is -0.124. The van der Waals surface area contributed by atoms with Crippen molar-refractivity contribution in [3.8, 4) is 0 Å². The molecule has 6 nitrogen and oxygen atoms in total. The van der Waals surface area contributed by atoms with Gasteiger partial charge in [-0.1, -0.05) is 6.07 Å². The van der Waals surface area contributed by atoms with E-state index in [-0.39, 0.29) is 18.2 Å². The molecular weight excluding hydrogens is 328 g/mol. The highest BCUT2D eigenvalue weighted by Gasteiger charge is 2.21. The summed E-state index contributed by atoms with van der Waals surface area (Å²) in [5.74, 6) is -0.938. The van der Waals surface area contributed by atoms with Gasteiger partial charge >= 0.3 is 5.97 Å². The maximum atomic E-state index is 12.1. The summed E-state index contributed by atoms with van der Waals surface area (Å²) in [6.45, 7) is 5.33. The van der Waals surface area contributed by atoms with Gasteiger partial charge in [-0.15, -0.1) is 11.3 Å². The van der Waals surface area contributed by atoms with Crippen LogP contribution in [0.15, 0.2) is 17.5 Å². The molecule has 0 saturated heterocycles. The van der Waals surface area contributed by atoms with E-state index < -0.39 is 12.1 Å². The molecule has 0 aromatic carbocycles. The van der Waals surface area contributed by atoms with Crippen LogP contribution in [0.4, 0.5) is 0 Å². The Kier molecular flexibility index (Phi) is 6.16. The summed E-state index contributed by atoms with van der Waals surface area (Å²) >= 11 is 1.64. The van der Waals surface area contributed by atoms with Crippen LogP contribution < -0.4 is 5.32 Å². The summed E-state index contributed by atoms with van der Waals surface area (Å²) in [5, 5.41) is 14.4. The Hall–Kier alpha value is -2.12. The van der Waals surface area contributed by atoms with E-state index in [1.807, 2.05) is 17.5 Å². The third-order valence-corrected chi connectivity index (χ3v) is 4.66. The molecule has 0 unspecified atom stereocenters. The summed E-state index contributed by atoms with van der Waals surface area (Å²) in [4.78, 5) is 27.9. The van der Waals surface area contributed by atoms with Crippen molar-refractivity contribution in [3.63, 3.8) is 0 Å². The van der Waals surface area contributed by atoms with E-state index in [1.54, 1.807) is 32.1 Å². The SMILES string of the molecule is Cc1[nH]c(C(=O)OCC(=O)NCCc2cccs2)c(C)c1[C@@H](C)O. The summed E-state index contributed by atoms with van der Waals surface area (Å²) in [5.41, 5.74) is 2.32. The Balaban J connectivity index is 1.82. The highest BCUT2D eigenvalue weighted by atomic mass is 32.1. The number of aliphatic hydroxyl groups is 1. The topological polar surface area (TPSA) is 91.4 Å². The summed E-state index contributed by atoms with van der Waals surface area (Å²) in [7, 11) is 0. The van der Waals surface area contributed by atoms with Gasteiger partial charge in [0, 0.05) is 22.7 Å². The van der Waals surface area contributed by atoms with Crippen LogP contribution in [0.2, 0.25) is 0 Å². The first-order valence-corrected chi connectivity index (χ1v) is 8.61. The molecule has 0 aliphatic carbocycles. The molecule has 0 aliphatic heterocycles. The van der Waals surface area contributed by atoms with Gasteiger partial charge in [-0.05, 0) is 44.2 Å². The number of aryl methyl sites for hydroxylation is 1. The molecule has 24 heavy (non-hydrogen) atoms. The lowest BCUT2D eigenvalue weighted by atomic mass is 10.1. The molecule has 2 heterocycles. The lowest BCUT2D eigenvalue weighted by Crippen LogP contribution is -2.30.